The molecule has 5 rings (SSSR count). The number of nitrogens with zero attached hydrogens (tertiary/aromatic N) is 5. The van der Waals surface area contributed by atoms with Crippen molar-refractivity contribution in [1.82, 2.24) is 24.4 Å². The maximum absolute atomic E-state index is 13.4. The molecule has 0 amide bonds. The van der Waals surface area contributed by atoms with Crippen LogP contribution in [0.2, 0.25) is 0 Å². The predicted molar refractivity (Wildman–Crippen MR) is 107 cm³/mol. The van der Waals surface area contributed by atoms with Crippen molar-refractivity contribution in [2.45, 2.75) is 6.54 Å². The Labute approximate surface area is 164 Å². The van der Waals surface area contributed by atoms with Crippen molar-refractivity contribution in [2.75, 3.05) is 5.32 Å². The lowest BCUT2D eigenvalue weighted by molar-refractivity contribution is 0.112. The van der Waals surface area contributed by atoms with Gasteiger partial charge in [0.1, 0.15) is 17.7 Å². The monoisotopic (exact) mass is 386 g/mol. The number of hydrogen-bond donors (Lipinski definition) is 1. The first kappa shape index (κ1) is 17.1. The molecule has 1 N–H and O–H groups in total. The summed E-state index contributed by atoms with van der Waals surface area (Å²) >= 11 is 0. The molecule has 0 saturated carbocycles. The highest BCUT2D eigenvalue weighted by atomic mass is 19.1. The zero-order valence-corrected chi connectivity index (χ0v) is 15.2. The smallest absolute Gasteiger partial charge is 0.159 e. The Kier molecular flexibility index (Phi) is 4.02. The summed E-state index contributed by atoms with van der Waals surface area (Å²) in [7, 11) is 0. The van der Waals surface area contributed by atoms with E-state index in [1.807, 2.05) is 28.9 Å². The van der Waals surface area contributed by atoms with Crippen LogP contribution in [0.4, 0.5) is 15.9 Å². The van der Waals surface area contributed by atoms with Crippen molar-refractivity contribution < 1.29 is 9.18 Å². The minimum atomic E-state index is -0.262. The average molecular weight is 386 g/mol. The third-order valence-corrected chi connectivity index (χ3v) is 4.74. The summed E-state index contributed by atoms with van der Waals surface area (Å²) in [4.78, 5) is 15.6. The molecule has 29 heavy (non-hydrogen) atoms. The first-order valence-electron chi connectivity index (χ1n) is 8.96. The van der Waals surface area contributed by atoms with Crippen molar-refractivity contribution >= 4 is 34.2 Å². The van der Waals surface area contributed by atoms with Crippen LogP contribution in [0.1, 0.15) is 15.9 Å². The van der Waals surface area contributed by atoms with Crippen molar-refractivity contribution in [3.63, 3.8) is 0 Å². The number of rotatable bonds is 5. The number of anilines is 2. The third kappa shape index (κ3) is 3.10. The van der Waals surface area contributed by atoms with Gasteiger partial charge in [-0.2, -0.15) is 10.2 Å². The molecule has 0 bridgehead atoms. The summed E-state index contributed by atoms with van der Waals surface area (Å²) in [5.74, 6) is 0.278. The SMILES string of the molecule is O=Cc1ccn2ncnc(Nc3ccc4c(cnn4Cc4cccc(F)c4)c3)c12. The molecule has 7 nitrogen and oxygen atoms in total. The lowest BCUT2D eigenvalue weighted by Crippen LogP contribution is -2.02. The van der Waals surface area contributed by atoms with E-state index in [2.05, 4.69) is 20.5 Å². The highest BCUT2D eigenvalue weighted by molar-refractivity contribution is 5.93. The molecular formula is C21H15FN6O. The lowest BCUT2D eigenvalue weighted by Gasteiger charge is -2.08. The third-order valence-electron chi connectivity index (χ3n) is 4.74. The predicted octanol–water partition coefficient (Wildman–Crippen LogP) is 3.82. The van der Waals surface area contributed by atoms with E-state index in [0.29, 0.717) is 23.4 Å². The molecule has 142 valence electrons. The van der Waals surface area contributed by atoms with Gasteiger partial charge in [0.15, 0.2) is 12.1 Å². The zero-order valence-electron chi connectivity index (χ0n) is 15.2. The van der Waals surface area contributed by atoms with E-state index in [1.165, 1.54) is 18.5 Å². The van der Waals surface area contributed by atoms with Crippen LogP contribution in [0.25, 0.3) is 16.4 Å². The van der Waals surface area contributed by atoms with Crippen LogP contribution in [0.3, 0.4) is 0 Å². The van der Waals surface area contributed by atoms with E-state index in [4.69, 9.17) is 0 Å². The minimum absolute atomic E-state index is 0.262. The van der Waals surface area contributed by atoms with Gasteiger partial charge in [-0.3, -0.25) is 9.48 Å². The fraction of sp³-hybridized carbons (Fsp3) is 0.0476. The summed E-state index contributed by atoms with van der Waals surface area (Å²) < 4.78 is 16.9. The molecule has 8 heteroatoms. The maximum Gasteiger partial charge on any atom is 0.159 e. The lowest BCUT2D eigenvalue weighted by atomic mass is 10.2. The number of aldehydes is 1. The molecule has 2 aromatic carbocycles. The molecule has 0 unspecified atom stereocenters. The molecule has 0 spiro atoms. The van der Waals surface area contributed by atoms with E-state index < -0.39 is 0 Å². The average Bonchev–Trinajstić information content (AvgIpc) is 3.32. The van der Waals surface area contributed by atoms with Crippen LogP contribution in [0.5, 0.6) is 0 Å². The van der Waals surface area contributed by atoms with Gasteiger partial charge in [-0.1, -0.05) is 12.1 Å². The Morgan fingerprint density at radius 3 is 2.90 bits per heavy atom. The van der Waals surface area contributed by atoms with Gasteiger partial charge in [-0.05, 0) is 42.0 Å². The van der Waals surface area contributed by atoms with Gasteiger partial charge >= 0.3 is 0 Å². The van der Waals surface area contributed by atoms with Gasteiger partial charge in [-0.15, -0.1) is 0 Å². The van der Waals surface area contributed by atoms with Gasteiger partial charge in [0.2, 0.25) is 0 Å². The van der Waals surface area contributed by atoms with Crippen LogP contribution in [-0.2, 0) is 6.54 Å². The Bertz CT molecular complexity index is 1360. The molecule has 0 aliphatic carbocycles. The number of carbonyl (C=O) groups excluding carboxylic acids is 1. The van der Waals surface area contributed by atoms with Gasteiger partial charge in [-0.25, -0.2) is 13.9 Å². The fourth-order valence-electron chi connectivity index (χ4n) is 3.40. The first-order chi connectivity index (χ1) is 14.2. The molecule has 0 aliphatic heterocycles. The van der Waals surface area contributed by atoms with E-state index in [-0.39, 0.29) is 5.82 Å². The van der Waals surface area contributed by atoms with Crippen LogP contribution in [0, 0.1) is 5.82 Å². The van der Waals surface area contributed by atoms with Crippen molar-refractivity contribution in [3.8, 4) is 0 Å². The van der Waals surface area contributed by atoms with Gasteiger partial charge in [0.25, 0.3) is 0 Å². The second kappa shape index (κ2) is 6.83. The molecule has 0 atom stereocenters. The highest BCUT2D eigenvalue weighted by Crippen LogP contribution is 2.25. The Balaban J connectivity index is 1.47. The second-order valence-electron chi connectivity index (χ2n) is 6.62. The molecule has 3 heterocycles. The molecule has 0 radical (unpaired) electrons. The molecule has 5 aromatic rings. The van der Waals surface area contributed by atoms with Crippen molar-refractivity contribution in [2.24, 2.45) is 0 Å². The molecular weight excluding hydrogens is 371 g/mol. The van der Waals surface area contributed by atoms with Crippen LogP contribution in [-0.4, -0.2) is 30.7 Å². The Morgan fingerprint density at radius 2 is 2.03 bits per heavy atom. The van der Waals surface area contributed by atoms with E-state index >= 15 is 0 Å². The second-order valence-corrected chi connectivity index (χ2v) is 6.62. The molecule has 3 aromatic heterocycles. The van der Waals surface area contributed by atoms with Gasteiger partial charge < -0.3 is 5.32 Å². The number of fused-ring (bicyclic) bond motifs is 2. The normalized spacial score (nSPS) is 11.2. The van der Waals surface area contributed by atoms with E-state index in [9.17, 15) is 9.18 Å². The number of aromatic nitrogens is 5. The Morgan fingerprint density at radius 1 is 1.10 bits per heavy atom. The number of hydrogen-bond acceptors (Lipinski definition) is 5. The van der Waals surface area contributed by atoms with E-state index in [0.717, 1.165) is 28.4 Å². The maximum atomic E-state index is 13.4. The summed E-state index contributed by atoms with van der Waals surface area (Å²) in [6, 6.07) is 14.0. The zero-order chi connectivity index (χ0) is 19.8. The number of halogens is 1. The van der Waals surface area contributed by atoms with Crippen LogP contribution < -0.4 is 5.32 Å². The molecule has 0 aliphatic rings. The Hall–Kier alpha value is -4.07. The first-order valence-corrected chi connectivity index (χ1v) is 8.96. The summed E-state index contributed by atoms with van der Waals surface area (Å²) in [6.07, 6.45) is 5.69. The standard InChI is InChI=1S/C21H15FN6O/c22-17-3-1-2-14(8-17)11-28-19-5-4-18(9-16(19)10-24-28)26-21-20-15(12-29)6-7-27(20)25-13-23-21/h1-10,12-13H,11H2,(H,23,25,26). The largest absolute Gasteiger partial charge is 0.338 e. The summed E-state index contributed by atoms with van der Waals surface area (Å²) in [5, 5.41) is 12.7. The fourth-order valence-corrected chi connectivity index (χ4v) is 3.40. The van der Waals surface area contributed by atoms with E-state index in [1.54, 1.807) is 29.0 Å². The molecule has 0 fully saturated rings. The topological polar surface area (TPSA) is 77.1 Å². The van der Waals surface area contributed by atoms with Gasteiger partial charge in [0, 0.05) is 22.8 Å². The molecule has 0 saturated heterocycles. The van der Waals surface area contributed by atoms with Crippen LogP contribution in [0.15, 0.2) is 67.3 Å². The number of carbonyl (C=O) groups is 1. The highest BCUT2D eigenvalue weighted by Gasteiger charge is 2.11. The number of nitrogens with one attached hydrogen (secondary N) is 1. The quantitative estimate of drug-likeness (QED) is 0.465. The summed E-state index contributed by atoms with van der Waals surface area (Å²) in [5.41, 5.74) is 3.71. The van der Waals surface area contributed by atoms with Crippen molar-refractivity contribution in [1.29, 1.82) is 0 Å². The van der Waals surface area contributed by atoms with Crippen LogP contribution >= 0.6 is 0 Å². The number of benzene rings is 2. The minimum Gasteiger partial charge on any atom is -0.338 e. The van der Waals surface area contributed by atoms with Crippen molar-refractivity contribution in [3.05, 3.63) is 84.2 Å². The van der Waals surface area contributed by atoms with Gasteiger partial charge in [0.05, 0.1) is 18.3 Å². The summed E-state index contributed by atoms with van der Waals surface area (Å²) in [6.45, 7) is 0.480.